The van der Waals surface area contributed by atoms with Crippen LogP contribution in [0, 0.1) is 5.92 Å². The highest BCUT2D eigenvalue weighted by molar-refractivity contribution is 6.76. The second-order valence-corrected chi connectivity index (χ2v) is 11.5. The quantitative estimate of drug-likeness (QED) is 0.313. The van der Waals surface area contributed by atoms with Crippen LogP contribution >= 0.6 is 0 Å². The second-order valence-electron chi connectivity index (χ2n) is 5.87. The van der Waals surface area contributed by atoms with E-state index in [1.807, 2.05) is 7.05 Å². The first-order valence-electron chi connectivity index (χ1n) is 6.50. The number of hydrogen-bond donors (Lipinski definition) is 1. The molecule has 0 fully saturated rings. The molecule has 0 bridgehead atoms. The van der Waals surface area contributed by atoms with Gasteiger partial charge in [-0.05, 0) is 18.9 Å². The fraction of sp³-hybridized carbons (Fsp3) is 0.846. The predicted octanol–water partition coefficient (Wildman–Crippen LogP) is 3.29. The SMILES string of the molecule is C/C=C(\C(C)C)N(COCC[Si](C)(C)C)NC. The van der Waals surface area contributed by atoms with Crippen molar-refractivity contribution in [2.75, 3.05) is 20.4 Å². The van der Waals surface area contributed by atoms with Gasteiger partial charge < -0.3 is 4.74 Å². The molecular formula is C13H30N2OSi. The van der Waals surface area contributed by atoms with E-state index in [2.05, 4.69) is 56.9 Å². The van der Waals surface area contributed by atoms with Crippen molar-refractivity contribution < 1.29 is 4.74 Å². The molecule has 0 aromatic heterocycles. The molecule has 0 heterocycles. The van der Waals surface area contributed by atoms with Crippen molar-refractivity contribution >= 4 is 8.07 Å². The van der Waals surface area contributed by atoms with E-state index in [4.69, 9.17) is 4.74 Å². The number of nitrogens with zero attached hydrogens (tertiary/aromatic N) is 1. The van der Waals surface area contributed by atoms with E-state index in [1.54, 1.807) is 0 Å². The summed E-state index contributed by atoms with van der Waals surface area (Å²) in [4.78, 5) is 0. The Labute approximate surface area is 108 Å². The molecule has 0 amide bonds. The zero-order valence-electron chi connectivity index (χ0n) is 12.6. The van der Waals surface area contributed by atoms with Gasteiger partial charge in [-0.25, -0.2) is 5.43 Å². The Hall–Kier alpha value is -0.323. The van der Waals surface area contributed by atoms with Gasteiger partial charge in [-0.3, -0.25) is 5.01 Å². The predicted molar refractivity (Wildman–Crippen MR) is 78.5 cm³/mol. The first-order chi connectivity index (χ1) is 7.81. The summed E-state index contributed by atoms with van der Waals surface area (Å²) in [5.74, 6) is 0.507. The van der Waals surface area contributed by atoms with Crippen molar-refractivity contribution in [1.82, 2.24) is 10.4 Å². The maximum atomic E-state index is 5.75. The molecule has 1 N–H and O–H groups in total. The van der Waals surface area contributed by atoms with Crippen molar-refractivity contribution in [3.05, 3.63) is 11.8 Å². The number of hydrazine groups is 1. The molecule has 0 aromatic carbocycles. The number of rotatable bonds is 8. The fourth-order valence-corrected chi connectivity index (χ4v) is 2.36. The monoisotopic (exact) mass is 258 g/mol. The fourth-order valence-electron chi connectivity index (χ4n) is 1.60. The molecule has 0 atom stereocenters. The minimum absolute atomic E-state index is 0.507. The van der Waals surface area contributed by atoms with Gasteiger partial charge in [0.15, 0.2) is 0 Å². The van der Waals surface area contributed by atoms with Crippen molar-refractivity contribution in [1.29, 1.82) is 0 Å². The Balaban J connectivity index is 4.07. The zero-order valence-corrected chi connectivity index (χ0v) is 13.6. The maximum Gasteiger partial charge on any atom is 0.132 e. The van der Waals surface area contributed by atoms with Crippen LogP contribution in [0.4, 0.5) is 0 Å². The van der Waals surface area contributed by atoms with Gasteiger partial charge in [0.05, 0.1) is 0 Å². The summed E-state index contributed by atoms with van der Waals surface area (Å²) in [6.07, 6.45) is 2.14. The summed E-state index contributed by atoms with van der Waals surface area (Å²) in [6.45, 7) is 15.1. The van der Waals surface area contributed by atoms with Gasteiger partial charge in [0.2, 0.25) is 0 Å². The summed E-state index contributed by atoms with van der Waals surface area (Å²) in [7, 11) is 0.963. The topological polar surface area (TPSA) is 24.5 Å². The minimum atomic E-state index is -0.975. The van der Waals surface area contributed by atoms with Gasteiger partial charge in [0.1, 0.15) is 6.73 Å². The van der Waals surface area contributed by atoms with Crippen LogP contribution < -0.4 is 5.43 Å². The van der Waals surface area contributed by atoms with Crippen molar-refractivity contribution in [2.24, 2.45) is 5.92 Å². The summed E-state index contributed by atoms with van der Waals surface area (Å²) in [6, 6.07) is 1.22. The van der Waals surface area contributed by atoms with Gasteiger partial charge in [-0.2, -0.15) is 0 Å². The average molecular weight is 258 g/mol. The molecule has 0 saturated heterocycles. The number of allylic oxidation sites excluding steroid dienone is 2. The lowest BCUT2D eigenvalue weighted by Gasteiger charge is -2.28. The normalized spacial score (nSPS) is 13.3. The van der Waals surface area contributed by atoms with Crippen LogP contribution in [-0.2, 0) is 4.74 Å². The Morgan fingerprint density at radius 3 is 2.29 bits per heavy atom. The van der Waals surface area contributed by atoms with Crippen LogP contribution in [0.15, 0.2) is 11.8 Å². The molecule has 0 saturated carbocycles. The molecular weight excluding hydrogens is 228 g/mol. The number of ether oxygens (including phenoxy) is 1. The third-order valence-electron chi connectivity index (χ3n) is 2.69. The third-order valence-corrected chi connectivity index (χ3v) is 4.39. The first-order valence-corrected chi connectivity index (χ1v) is 10.2. The van der Waals surface area contributed by atoms with Crippen LogP contribution in [0.1, 0.15) is 20.8 Å². The molecule has 0 rings (SSSR count). The molecule has 4 heteroatoms. The summed E-state index contributed by atoms with van der Waals surface area (Å²) in [5, 5.41) is 2.08. The van der Waals surface area contributed by atoms with Gasteiger partial charge >= 0.3 is 0 Å². The van der Waals surface area contributed by atoms with Crippen LogP contribution in [0.5, 0.6) is 0 Å². The van der Waals surface area contributed by atoms with E-state index in [0.717, 1.165) is 6.61 Å². The largest absolute Gasteiger partial charge is 0.360 e. The third kappa shape index (κ3) is 7.57. The first kappa shape index (κ1) is 16.7. The Bertz CT molecular complexity index is 234. The lowest BCUT2D eigenvalue weighted by atomic mass is 10.1. The lowest BCUT2D eigenvalue weighted by Crippen LogP contribution is -2.38. The maximum absolute atomic E-state index is 5.75. The van der Waals surface area contributed by atoms with Gasteiger partial charge in [0, 0.05) is 27.4 Å². The highest BCUT2D eigenvalue weighted by atomic mass is 28.3. The van der Waals surface area contributed by atoms with Crippen molar-refractivity contribution in [3.8, 4) is 0 Å². The Kier molecular flexibility index (Phi) is 7.75. The van der Waals surface area contributed by atoms with Crippen LogP contribution in [-0.4, -0.2) is 33.5 Å². The van der Waals surface area contributed by atoms with Crippen molar-refractivity contribution in [3.63, 3.8) is 0 Å². The summed E-state index contributed by atoms with van der Waals surface area (Å²) < 4.78 is 5.75. The molecule has 3 nitrogen and oxygen atoms in total. The number of hydrogen-bond acceptors (Lipinski definition) is 3. The molecule has 0 spiro atoms. The molecule has 17 heavy (non-hydrogen) atoms. The van der Waals surface area contributed by atoms with Gasteiger partial charge in [0.25, 0.3) is 0 Å². The standard InChI is InChI=1S/C13H30N2OSi/c1-8-13(12(2)3)15(14-4)11-16-9-10-17(5,6)7/h8,12,14H,9-11H2,1-7H3/b13-8+. The lowest BCUT2D eigenvalue weighted by molar-refractivity contribution is 0.0267. The number of nitrogens with one attached hydrogen (secondary N) is 1. The summed E-state index contributed by atoms with van der Waals surface area (Å²) >= 11 is 0. The minimum Gasteiger partial charge on any atom is -0.360 e. The summed E-state index contributed by atoms with van der Waals surface area (Å²) in [5.41, 5.74) is 4.46. The Morgan fingerprint density at radius 1 is 1.35 bits per heavy atom. The molecule has 102 valence electrons. The smallest absolute Gasteiger partial charge is 0.132 e. The molecule has 0 aliphatic rings. The van der Waals surface area contributed by atoms with Gasteiger partial charge in [-0.1, -0.05) is 39.6 Å². The van der Waals surface area contributed by atoms with E-state index >= 15 is 0 Å². The van der Waals surface area contributed by atoms with E-state index in [-0.39, 0.29) is 0 Å². The van der Waals surface area contributed by atoms with Crippen LogP contribution in [0.25, 0.3) is 0 Å². The van der Waals surface area contributed by atoms with E-state index < -0.39 is 8.07 Å². The van der Waals surface area contributed by atoms with E-state index in [0.29, 0.717) is 12.6 Å². The second kappa shape index (κ2) is 7.90. The van der Waals surface area contributed by atoms with Crippen LogP contribution in [0.3, 0.4) is 0 Å². The average Bonchev–Trinajstić information content (AvgIpc) is 2.20. The molecule has 0 aliphatic carbocycles. The van der Waals surface area contributed by atoms with Crippen LogP contribution in [0.2, 0.25) is 25.7 Å². The van der Waals surface area contributed by atoms with Gasteiger partial charge in [-0.15, -0.1) is 0 Å². The molecule has 0 radical (unpaired) electrons. The highest BCUT2D eigenvalue weighted by Gasteiger charge is 2.14. The Morgan fingerprint density at radius 2 is 1.94 bits per heavy atom. The molecule has 0 unspecified atom stereocenters. The molecule has 0 aromatic rings. The highest BCUT2D eigenvalue weighted by Crippen LogP contribution is 2.13. The van der Waals surface area contributed by atoms with E-state index in [9.17, 15) is 0 Å². The molecule has 0 aliphatic heterocycles. The zero-order chi connectivity index (χ0) is 13.5. The van der Waals surface area contributed by atoms with Crippen molar-refractivity contribution in [2.45, 2.75) is 46.5 Å². The van der Waals surface area contributed by atoms with E-state index in [1.165, 1.54) is 11.7 Å².